The van der Waals surface area contributed by atoms with Gasteiger partial charge in [0.15, 0.2) is 5.25 Å². The Morgan fingerprint density at radius 3 is 2.32 bits per heavy atom. The van der Waals surface area contributed by atoms with Crippen LogP contribution < -0.4 is 4.72 Å². The second kappa shape index (κ2) is 6.04. The highest BCUT2D eigenvalue weighted by Crippen LogP contribution is 2.24. The van der Waals surface area contributed by atoms with Crippen molar-refractivity contribution in [3.8, 4) is 6.07 Å². The maximum atomic E-state index is 12.1. The fraction of sp³-hybridized carbons (Fsp3) is 0.462. The summed E-state index contributed by atoms with van der Waals surface area (Å²) in [6.07, 6.45) is 0.266. The Kier molecular flexibility index (Phi) is 5.13. The molecule has 104 valence electrons. The molecule has 1 atom stereocenters. The van der Waals surface area contributed by atoms with E-state index in [4.69, 9.17) is 5.26 Å². The van der Waals surface area contributed by atoms with Crippen LogP contribution in [-0.4, -0.2) is 13.7 Å². The number of halogens is 1. The van der Waals surface area contributed by atoms with Gasteiger partial charge in [-0.2, -0.15) is 5.26 Å². The van der Waals surface area contributed by atoms with Crippen LogP contribution in [0.25, 0.3) is 0 Å². The van der Waals surface area contributed by atoms with Gasteiger partial charge in [-0.15, -0.1) is 0 Å². The first-order valence-corrected chi connectivity index (χ1v) is 8.25. The van der Waals surface area contributed by atoms with Crippen molar-refractivity contribution in [2.45, 2.75) is 38.0 Å². The number of hydrogen-bond donors (Lipinski definition) is 1. The highest BCUT2D eigenvalue weighted by Gasteiger charge is 2.31. The molecule has 0 bridgehead atoms. The summed E-state index contributed by atoms with van der Waals surface area (Å²) in [6, 6.07) is 9.22. The molecule has 0 aliphatic rings. The van der Waals surface area contributed by atoms with Gasteiger partial charge in [-0.1, -0.05) is 35.0 Å². The number of benzene rings is 1. The van der Waals surface area contributed by atoms with Crippen LogP contribution in [0, 0.1) is 11.3 Å². The average molecular weight is 345 g/mol. The standard InChI is InChI=1S/C13H17BrN2O2S/c1-4-12(9-15)19(17,18)16-13(2,3)10-5-7-11(14)8-6-10/h5-8,12,16H,4H2,1-3H3/t12-/m1/s1. The lowest BCUT2D eigenvalue weighted by Crippen LogP contribution is -2.45. The van der Waals surface area contributed by atoms with E-state index < -0.39 is 20.8 Å². The number of hydrogen-bond acceptors (Lipinski definition) is 3. The van der Waals surface area contributed by atoms with Crippen molar-refractivity contribution in [3.05, 3.63) is 34.3 Å². The van der Waals surface area contributed by atoms with Crippen LogP contribution in [0.3, 0.4) is 0 Å². The molecular formula is C13H17BrN2O2S. The zero-order chi connectivity index (χ0) is 14.7. The Labute approximate surface area is 123 Å². The molecule has 0 heterocycles. The summed E-state index contributed by atoms with van der Waals surface area (Å²) < 4.78 is 27.7. The second-order valence-electron chi connectivity index (χ2n) is 4.80. The van der Waals surface area contributed by atoms with E-state index in [0.29, 0.717) is 0 Å². The van der Waals surface area contributed by atoms with Gasteiger partial charge < -0.3 is 0 Å². The smallest absolute Gasteiger partial charge is 0.211 e. The van der Waals surface area contributed by atoms with E-state index in [9.17, 15) is 8.42 Å². The third-order valence-electron chi connectivity index (χ3n) is 2.85. The normalized spacial score (nSPS) is 13.8. The van der Waals surface area contributed by atoms with E-state index in [2.05, 4.69) is 20.7 Å². The first-order valence-electron chi connectivity index (χ1n) is 5.91. The van der Waals surface area contributed by atoms with Gasteiger partial charge in [-0.3, -0.25) is 0 Å². The fourth-order valence-corrected chi connectivity index (χ4v) is 3.55. The van der Waals surface area contributed by atoms with Crippen LogP contribution in [0.4, 0.5) is 0 Å². The molecule has 0 aromatic heterocycles. The van der Waals surface area contributed by atoms with Gasteiger partial charge in [-0.25, -0.2) is 13.1 Å². The minimum absolute atomic E-state index is 0.266. The summed E-state index contributed by atoms with van der Waals surface area (Å²) in [6.45, 7) is 5.23. The number of nitrogens with one attached hydrogen (secondary N) is 1. The lowest BCUT2D eigenvalue weighted by Gasteiger charge is -2.27. The molecular weight excluding hydrogens is 328 g/mol. The Morgan fingerprint density at radius 1 is 1.37 bits per heavy atom. The van der Waals surface area contributed by atoms with Crippen LogP contribution in [-0.2, 0) is 15.6 Å². The van der Waals surface area contributed by atoms with E-state index in [-0.39, 0.29) is 6.42 Å². The van der Waals surface area contributed by atoms with Crippen molar-refractivity contribution in [1.82, 2.24) is 4.72 Å². The van der Waals surface area contributed by atoms with E-state index in [1.165, 1.54) is 0 Å². The summed E-state index contributed by atoms with van der Waals surface area (Å²) >= 11 is 3.34. The largest absolute Gasteiger partial charge is 0.228 e. The van der Waals surface area contributed by atoms with Crippen LogP contribution in [0.5, 0.6) is 0 Å². The van der Waals surface area contributed by atoms with Crippen LogP contribution in [0.15, 0.2) is 28.7 Å². The summed E-state index contributed by atoms with van der Waals surface area (Å²) in [5.41, 5.74) is 0.0798. The predicted octanol–water partition coefficient (Wildman–Crippen LogP) is 2.91. The first kappa shape index (κ1) is 16.2. The zero-order valence-electron chi connectivity index (χ0n) is 11.1. The molecule has 0 amide bonds. The molecule has 1 aromatic rings. The molecule has 0 unspecified atom stereocenters. The van der Waals surface area contributed by atoms with Gasteiger partial charge >= 0.3 is 0 Å². The second-order valence-corrected chi connectivity index (χ2v) is 7.58. The highest BCUT2D eigenvalue weighted by atomic mass is 79.9. The van der Waals surface area contributed by atoms with Crippen LogP contribution >= 0.6 is 15.9 Å². The Hall–Kier alpha value is -0.900. The fourth-order valence-electron chi connectivity index (χ4n) is 1.73. The zero-order valence-corrected chi connectivity index (χ0v) is 13.5. The van der Waals surface area contributed by atoms with Crippen molar-refractivity contribution < 1.29 is 8.42 Å². The Bertz CT molecular complexity index is 574. The molecule has 1 aromatic carbocycles. The molecule has 0 fully saturated rings. The van der Waals surface area contributed by atoms with Gasteiger partial charge in [0.05, 0.1) is 11.6 Å². The molecule has 0 saturated carbocycles. The van der Waals surface area contributed by atoms with Crippen molar-refractivity contribution >= 4 is 26.0 Å². The van der Waals surface area contributed by atoms with Gasteiger partial charge in [0.25, 0.3) is 0 Å². The molecule has 6 heteroatoms. The number of nitriles is 1. The first-order chi connectivity index (χ1) is 8.73. The molecule has 4 nitrogen and oxygen atoms in total. The predicted molar refractivity (Wildman–Crippen MR) is 78.9 cm³/mol. The Balaban J connectivity index is 3.03. The van der Waals surface area contributed by atoms with Crippen LogP contribution in [0.2, 0.25) is 0 Å². The highest BCUT2D eigenvalue weighted by molar-refractivity contribution is 9.10. The van der Waals surface area contributed by atoms with Gasteiger partial charge in [0.2, 0.25) is 10.0 Å². The van der Waals surface area contributed by atoms with Gasteiger partial charge in [0.1, 0.15) is 0 Å². The molecule has 0 radical (unpaired) electrons. The lowest BCUT2D eigenvalue weighted by molar-refractivity contribution is 0.468. The maximum Gasteiger partial charge on any atom is 0.228 e. The monoisotopic (exact) mass is 344 g/mol. The molecule has 19 heavy (non-hydrogen) atoms. The third-order valence-corrected chi connectivity index (χ3v) is 5.36. The van der Waals surface area contributed by atoms with Crippen LogP contribution in [0.1, 0.15) is 32.8 Å². The van der Waals surface area contributed by atoms with E-state index in [1.54, 1.807) is 20.8 Å². The molecule has 1 rings (SSSR count). The minimum Gasteiger partial charge on any atom is -0.211 e. The molecule has 0 spiro atoms. The van der Waals surface area contributed by atoms with Gasteiger partial charge in [-0.05, 0) is 38.0 Å². The van der Waals surface area contributed by atoms with Crippen molar-refractivity contribution in [3.63, 3.8) is 0 Å². The number of sulfonamides is 1. The number of rotatable bonds is 5. The minimum atomic E-state index is -3.66. The average Bonchev–Trinajstić information content (AvgIpc) is 2.29. The van der Waals surface area contributed by atoms with Crippen molar-refractivity contribution in [1.29, 1.82) is 5.26 Å². The molecule has 0 saturated heterocycles. The molecule has 1 N–H and O–H groups in total. The summed E-state index contributed by atoms with van der Waals surface area (Å²) in [7, 11) is -3.66. The Morgan fingerprint density at radius 2 is 1.89 bits per heavy atom. The third kappa shape index (κ3) is 4.03. The van der Waals surface area contributed by atoms with E-state index in [0.717, 1.165) is 10.0 Å². The summed E-state index contributed by atoms with van der Waals surface area (Å²) in [5.74, 6) is 0. The molecule has 0 aliphatic carbocycles. The lowest BCUT2D eigenvalue weighted by atomic mass is 9.96. The summed E-state index contributed by atoms with van der Waals surface area (Å²) in [4.78, 5) is 0. The summed E-state index contributed by atoms with van der Waals surface area (Å²) in [5, 5.41) is 7.86. The quantitative estimate of drug-likeness (QED) is 0.892. The van der Waals surface area contributed by atoms with E-state index >= 15 is 0 Å². The van der Waals surface area contributed by atoms with Gasteiger partial charge in [0, 0.05) is 4.47 Å². The maximum absolute atomic E-state index is 12.1. The van der Waals surface area contributed by atoms with Crippen molar-refractivity contribution in [2.24, 2.45) is 0 Å². The topological polar surface area (TPSA) is 70.0 Å². The molecule has 0 aliphatic heterocycles. The SMILES string of the molecule is CC[C@H](C#N)S(=O)(=O)NC(C)(C)c1ccc(Br)cc1. The van der Waals surface area contributed by atoms with E-state index in [1.807, 2.05) is 30.3 Å². The number of nitrogens with zero attached hydrogens (tertiary/aromatic N) is 1. The van der Waals surface area contributed by atoms with Crippen molar-refractivity contribution in [2.75, 3.05) is 0 Å².